The molecule has 3 rings (SSSR count). The van der Waals surface area contributed by atoms with E-state index < -0.39 is 11.7 Å². The van der Waals surface area contributed by atoms with E-state index in [-0.39, 0.29) is 23.7 Å². The van der Waals surface area contributed by atoms with Crippen LogP contribution in [-0.2, 0) is 10.3 Å². The van der Waals surface area contributed by atoms with E-state index in [9.17, 15) is 9.90 Å². The number of carbonyl (C=O) groups excluding carboxylic acids is 1. The summed E-state index contributed by atoms with van der Waals surface area (Å²) in [6, 6.07) is 10.4. The molecule has 1 aromatic rings. The van der Waals surface area contributed by atoms with Gasteiger partial charge in [-0.15, -0.1) is 0 Å². The summed E-state index contributed by atoms with van der Waals surface area (Å²) >= 11 is 0. The fraction of sp³-hybridized carbons (Fsp3) is 0.650. The Balaban J connectivity index is 1.81. The van der Waals surface area contributed by atoms with Gasteiger partial charge >= 0.3 is 6.09 Å². The molecule has 138 valence electrons. The number of hydrogen-bond donors (Lipinski definition) is 1. The van der Waals surface area contributed by atoms with Crippen LogP contribution in [0.4, 0.5) is 4.79 Å². The molecule has 5 nitrogen and oxygen atoms in total. The van der Waals surface area contributed by atoms with E-state index in [0.29, 0.717) is 19.5 Å². The Labute approximate surface area is 150 Å². The van der Waals surface area contributed by atoms with Gasteiger partial charge in [0.2, 0.25) is 0 Å². The van der Waals surface area contributed by atoms with Gasteiger partial charge in [0.15, 0.2) is 0 Å². The second kappa shape index (κ2) is 6.29. The van der Waals surface area contributed by atoms with Gasteiger partial charge in [-0.2, -0.15) is 0 Å². The van der Waals surface area contributed by atoms with Crippen molar-refractivity contribution in [1.29, 1.82) is 0 Å². The molecule has 5 heteroatoms. The molecule has 2 fully saturated rings. The van der Waals surface area contributed by atoms with Crippen LogP contribution in [0.25, 0.3) is 0 Å². The van der Waals surface area contributed by atoms with Crippen LogP contribution in [-0.4, -0.2) is 57.9 Å². The van der Waals surface area contributed by atoms with Crippen LogP contribution in [0.15, 0.2) is 30.3 Å². The molecule has 0 spiro atoms. The summed E-state index contributed by atoms with van der Waals surface area (Å²) in [5.41, 5.74) is 0.522. The van der Waals surface area contributed by atoms with Gasteiger partial charge < -0.3 is 14.7 Å². The molecule has 3 unspecified atom stereocenters. The van der Waals surface area contributed by atoms with Crippen LogP contribution in [0.2, 0.25) is 0 Å². The number of fused-ring (bicyclic) bond motifs is 2. The molecule has 2 heterocycles. The molecule has 25 heavy (non-hydrogen) atoms. The van der Waals surface area contributed by atoms with Crippen LogP contribution in [0, 0.1) is 0 Å². The number of piperazine rings is 1. The summed E-state index contributed by atoms with van der Waals surface area (Å²) in [6.45, 7) is 11.1. The Morgan fingerprint density at radius 1 is 1.12 bits per heavy atom. The summed E-state index contributed by atoms with van der Waals surface area (Å²) in [5, 5.41) is 10.6. The molecule has 2 aliphatic heterocycles. The van der Waals surface area contributed by atoms with Crippen LogP contribution in [0.1, 0.15) is 46.6 Å². The van der Waals surface area contributed by atoms with E-state index in [0.717, 1.165) is 0 Å². The lowest BCUT2D eigenvalue weighted by molar-refractivity contribution is -0.0390. The molecule has 1 amide bonds. The average molecular weight is 346 g/mol. The lowest BCUT2D eigenvalue weighted by Gasteiger charge is -2.49. The lowest BCUT2D eigenvalue weighted by Crippen LogP contribution is -2.62. The third-order valence-corrected chi connectivity index (χ3v) is 5.32. The van der Waals surface area contributed by atoms with Crippen molar-refractivity contribution in [3.63, 3.8) is 0 Å². The van der Waals surface area contributed by atoms with E-state index in [2.05, 4.69) is 30.9 Å². The topological polar surface area (TPSA) is 53.0 Å². The van der Waals surface area contributed by atoms with Crippen molar-refractivity contribution in [3.05, 3.63) is 35.9 Å². The molecule has 2 bridgehead atoms. The molecule has 1 aromatic carbocycles. The minimum Gasteiger partial charge on any atom is -0.444 e. The van der Waals surface area contributed by atoms with Gasteiger partial charge in [-0.25, -0.2) is 4.79 Å². The lowest BCUT2D eigenvalue weighted by atomic mass is 9.89. The number of ether oxygens (including phenoxy) is 1. The fourth-order valence-electron chi connectivity index (χ4n) is 4.27. The summed E-state index contributed by atoms with van der Waals surface area (Å²) in [7, 11) is 0. The van der Waals surface area contributed by atoms with Crippen molar-refractivity contribution in [2.45, 2.75) is 70.4 Å². The Kier molecular flexibility index (Phi) is 4.58. The largest absolute Gasteiger partial charge is 0.444 e. The Bertz CT molecular complexity index is 624. The normalized spacial score (nSPS) is 27.4. The Hall–Kier alpha value is -1.59. The first-order chi connectivity index (χ1) is 11.6. The third kappa shape index (κ3) is 3.53. The molecular weight excluding hydrogens is 316 g/mol. The number of likely N-dealkylation sites (tertiary alicyclic amines) is 1. The SMILES string of the molecule is CC(C)(C)OC(=O)N1CC2CC(O)C(C1)N2C(C)(C)c1ccccc1. The third-order valence-electron chi connectivity index (χ3n) is 5.32. The molecule has 0 aromatic heterocycles. The number of nitrogens with zero attached hydrogens (tertiary/aromatic N) is 2. The van der Waals surface area contributed by atoms with E-state index in [1.54, 1.807) is 4.90 Å². The maximum absolute atomic E-state index is 12.5. The maximum Gasteiger partial charge on any atom is 0.410 e. The quantitative estimate of drug-likeness (QED) is 0.894. The van der Waals surface area contributed by atoms with E-state index >= 15 is 0 Å². The number of aliphatic hydroxyl groups excluding tert-OH is 1. The minimum atomic E-state index is -0.505. The minimum absolute atomic E-state index is 0.0681. The monoisotopic (exact) mass is 346 g/mol. The van der Waals surface area contributed by atoms with Crippen LogP contribution >= 0.6 is 0 Å². The van der Waals surface area contributed by atoms with Crippen molar-refractivity contribution >= 4 is 6.09 Å². The highest BCUT2D eigenvalue weighted by Gasteiger charge is 2.52. The molecule has 3 atom stereocenters. The number of benzene rings is 1. The highest BCUT2D eigenvalue weighted by molar-refractivity contribution is 5.68. The summed E-state index contributed by atoms with van der Waals surface area (Å²) < 4.78 is 5.53. The van der Waals surface area contributed by atoms with Crippen LogP contribution in [0.5, 0.6) is 0 Å². The van der Waals surface area contributed by atoms with E-state index in [4.69, 9.17) is 4.74 Å². The fourth-order valence-corrected chi connectivity index (χ4v) is 4.27. The van der Waals surface area contributed by atoms with Crippen molar-refractivity contribution in [2.75, 3.05) is 13.1 Å². The Morgan fingerprint density at radius 2 is 1.76 bits per heavy atom. The molecular formula is C20H30N2O3. The number of rotatable bonds is 2. The average Bonchev–Trinajstić information content (AvgIpc) is 2.73. The molecule has 0 radical (unpaired) electrons. The standard InChI is InChI=1S/C20H30N2O3/c1-19(2,3)25-18(24)21-12-15-11-17(23)16(13-21)22(15)20(4,5)14-9-7-6-8-10-14/h6-10,15-17,23H,11-13H2,1-5H3. The zero-order valence-electron chi connectivity index (χ0n) is 15.9. The maximum atomic E-state index is 12.5. The van der Waals surface area contributed by atoms with Crippen LogP contribution < -0.4 is 0 Å². The first-order valence-electron chi connectivity index (χ1n) is 9.09. The van der Waals surface area contributed by atoms with Gasteiger partial charge in [0.25, 0.3) is 0 Å². The van der Waals surface area contributed by atoms with Gasteiger partial charge in [0, 0.05) is 24.7 Å². The zero-order valence-corrected chi connectivity index (χ0v) is 15.9. The molecule has 1 N–H and O–H groups in total. The molecule has 2 saturated heterocycles. The molecule has 0 aliphatic carbocycles. The Morgan fingerprint density at radius 3 is 2.32 bits per heavy atom. The van der Waals surface area contributed by atoms with Gasteiger partial charge in [0.05, 0.1) is 12.1 Å². The van der Waals surface area contributed by atoms with Crippen LogP contribution in [0.3, 0.4) is 0 Å². The first kappa shape index (κ1) is 18.2. The predicted molar refractivity (Wildman–Crippen MR) is 97.3 cm³/mol. The summed E-state index contributed by atoms with van der Waals surface area (Å²) in [4.78, 5) is 16.6. The highest BCUT2D eigenvalue weighted by Crippen LogP contribution is 2.41. The van der Waals surface area contributed by atoms with Crippen molar-refractivity contribution < 1.29 is 14.6 Å². The molecule has 2 aliphatic rings. The zero-order chi connectivity index (χ0) is 18.4. The van der Waals surface area contributed by atoms with Crippen molar-refractivity contribution in [1.82, 2.24) is 9.80 Å². The first-order valence-corrected chi connectivity index (χ1v) is 9.09. The second-order valence-electron chi connectivity index (χ2n) is 8.74. The predicted octanol–water partition coefficient (Wildman–Crippen LogP) is 2.98. The summed E-state index contributed by atoms with van der Waals surface area (Å²) in [5.74, 6) is 0. The number of aliphatic hydroxyl groups is 1. The van der Waals surface area contributed by atoms with Gasteiger partial charge in [-0.1, -0.05) is 30.3 Å². The van der Waals surface area contributed by atoms with Gasteiger partial charge in [0.1, 0.15) is 5.60 Å². The highest BCUT2D eigenvalue weighted by atomic mass is 16.6. The smallest absolute Gasteiger partial charge is 0.410 e. The van der Waals surface area contributed by atoms with Crippen molar-refractivity contribution in [3.8, 4) is 0 Å². The van der Waals surface area contributed by atoms with Gasteiger partial charge in [-0.3, -0.25) is 4.90 Å². The van der Waals surface area contributed by atoms with Gasteiger partial charge in [-0.05, 0) is 46.6 Å². The number of carbonyl (C=O) groups is 1. The molecule has 0 saturated carbocycles. The van der Waals surface area contributed by atoms with E-state index in [1.165, 1.54) is 5.56 Å². The second-order valence-corrected chi connectivity index (χ2v) is 8.74. The number of hydrogen-bond acceptors (Lipinski definition) is 4. The van der Waals surface area contributed by atoms with Crippen molar-refractivity contribution in [2.24, 2.45) is 0 Å². The summed E-state index contributed by atoms with van der Waals surface area (Å²) in [6.07, 6.45) is -0.00515. The van der Waals surface area contributed by atoms with E-state index in [1.807, 2.05) is 39.0 Å². The number of amides is 1.